The maximum absolute atomic E-state index is 12.8. The van der Waals surface area contributed by atoms with Crippen LogP contribution in [0, 0.1) is 0 Å². The van der Waals surface area contributed by atoms with E-state index in [4.69, 9.17) is 4.74 Å². The molecule has 4 rings (SSSR count). The Morgan fingerprint density at radius 3 is 2.67 bits per heavy atom. The van der Waals surface area contributed by atoms with E-state index in [1.807, 2.05) is 0 Å². The van der Waals surface area contributed by atoms with E-state index < -0.39 is 33.0 Å². The van der Waals surface area contributed by atoms with Gasteiger partial charge in [-0.25, -0.2) is 23.0 Å². The molecular formula is C19H21N5O7S2. The number of esters is 1. The van der Waals surface area contributed by atoms with Gasteiger partial charge in [0.05, 0.1) is 30.0 Å². The number of carbonyl (C=O) groups excluding carboxylic acids is 2. The molecule has 33 heavy (non-hydrogen) atoms. The molecule has 1 N–H and O–H groups in total. The number of amides is 1. The Bertz CT molecular complexity index is 1520. The molecule has 3 aromatic heterocycles. The van der Waals surface area contributed by atoms with Crippen molar-refractivity contribution in [3.8, 4) is 0 Å². The van der Waals surface area contributed by atoms with E-state index >= 15 is 0 Å². The van der Waals surface area contributed by atoms with Crippen LogP contribution in [0.15, 0.2) is 15.9 Å². The number of fused-ring (bicyclic) bond motifs is 2. The second-order valence-electron chi connectivity index (χ2n) is 7.57. The zero-order valence-corrected chi connectivity index (χ0v) is 19.7. The lowest BCUT2D eigenvalue weighted by Crippen LogP contribution is -2.37. The number of aromatic nitrogens is 4. The first-order chi connectivity index (χ1) is 15.5. The summed E-state index contributed by atoms with van der Waals surface area (Å²) < 4.78 is 32.6. The summed E-state index contributed by atoms with van der Waals surface area (Å²) in [7, 11) is -0.479. The Morgan fingerprint density at radius 2 is 1.97 bits per heavy atom. The fraction of sp³-hybridized carbons (Fsp3) is 0.421. The summed E-state index contributed by atoms with van der Waals surface area (Å²) in [6.07, 6.45) is 1.44. The molecule has 0 radical (unpaired) electrons. The van der Waals surface area contributed by atoms with Crippen LogP contribution in [-0.4, -0.2) is 51.3 Å². The highest BCUT2D eigenvalue weighted by molar-refractivity contribution is 7.90. The van der Waals surface area contributed by atoms with Crippen molar-refractivity contribution in [1.29, 1.82) is 0 Å². The number of nitrogens with zero attached hydrogens (tertiary/aromatic N) is 4. The largest absolute Gasteiger partial charge is 0.462 e. The number of imidazole rings is 1. The first-order valence-corrected chi connectivity index (χ1v) is 12.6. The number of aryl methyl sites for hydroxylation is 1. The number of rotatable bonds is 5. The normalized spacial score (nSPS) is 14.8. The van der Waals surface area contributed by atoms with Crippen molar-refractivity contribution < 1.29 is 22.7 Å². The molecule has 0 aliphatic carbocycles. The van der Waals surface area contributed by atoms with Gasteiger partial charge in [-0.3, -0.25) is 18.7 Å². The highest BCUT2D eigenvalue weighted by atomic mass is 32.2. The number of ether oxygens (including phenoxy) is 1. The van der Waals surface area contributed by atoms with Crippen molar-refractivity contribution in [2.24, 2.45) is 14.1 Å². The summed E-state index contributed by atoms with van der Waals surface area (Å²) in [6.45, 7) is 1.46. The standard InChI is InChI=1S/C19H21N5O7S2/c1-4-31-18(27)13-10-5-6-33(29,30)8-11(10)32-16(13)21-12(25)7-24-9-20-15-14(24)17(26)23(3)19(28)22(15)2/h9H,4-8H2,1-3H3,(H,21,25). The summed E-state index contributed by atoms with van der Waals surface area (Å²) in [6, 6.07) is 0. The van der Waals surface area contributed by atoms with Crippen LogP contribution in [0.3, 0.4) is 0 Å². The van der Waals surface area contributed by atoms with Gasteiger partial charge in [-0.1, -0.05) is 0 Å². The molecule has 1 aliphatic rings. The van der Waals surface area contributed by atoms with E-state index in [0.717, 1.165) is 15.9 Å². The van der Waals surface area contributed by atoms with Gasteiger partial charge in [0.25, 0.3) is 5.56 Å². The van der Waals surface area contributed by atoms with Gasteiger partial charge in [0, 0.05) is 19.0 Å². The second kappa shape index (κ2) is 8.26. The van der Waals surface area contributed by atoms with Crippen molar-refractivity contribution in [3.05, 3.63) is 43.2 Å². The number of hydrogen-bond acceptors (Lipinski definition) is 9. The van der Waals surface area contributed by atoms with Gasteiger partial charge in [0.15, 0.2) is 21.0 Å². The molecule has 0 unspecified atom stereocenters. The molecule has 0 saturated carbocycles. The molecule has 0 saturated heterocycles. The number of sulfone groups is 1. The summed E-state index contributed by atoms with van der Waals surface area (Å²) >= 11 is 1.02. The highest BCUT2D eigenvalue weighted by Gasteiger charge is 2.32. The lowest BCUT2D eigenvalue weighted by molar-refractivity contribution is -0.116. The van der Waals surface area contributed by atoms with Gasteiger partial charge in [-0.15, -0.1) is 11.3 Å². The van der Waals surface area contributed by atoms with Crippen LogP contribution in [0.4, 0.5) is 5.00 Å². The molecule has 0 spiro atoms. The molecule has 1 aliphatic heterocycles. The van der Waals surface area contributed by atoms with E-state index in [1.54, 1.807) is 6.92 Å². The van der Waals surface area contributed by atoms with Crippen LogP contribution in [-0.2, 0) is 52.2 Å². The predicted octanol–water partition coefficient (Wildman–Crippen LogP) is -0.218. The van der Waals surface area contributed by atoms with E-state index in [0.29, 0.717) is 10.4 Å². The van der Waals surface area contributed by atoms with Crippen molar-refractivity contribution >= 4 is 49.2 Å². The minimum Gasteiger partial charge on any atom is -0.462 e. The SMILES string of the molecule is CCOC(=O)c1c(NC(=O)Cn2cnc3c2c(=O)n(C)c(=O)n3C)sc2c1CCS(=O)(=O)C2. The number of thiophene rings is 1. The smallest absolute Gasteiger partial charge is 0.341 e. The van der Waals surface area contributed by atoms with Gasteiger partial charge in [0.1, 0.15) is 11.5 Å². The number of anilines is 1. The molecule has 3 aromatic rings. The summed E-state index contributed by atoms with van der Waals surface area (Å²) in [4.78, 5) is 54.6. The third-order valence-corrected chi connectivity index (χ3v) is 8.25. The van der Waals surface area contributed by atoms with Gasteiger partial charge in [-0.05, 0) is 18.9 Å². The molecule has 12 nitrogen and oxygen atoms in total. The molecule has 14 heteroatoms. The van der Waals surface area contributed by atoms with E-state index in [9.17, 15) is 27.6 Å². The molecule has 0 bridgehead atoms. The lowest BCUT2D eigenvalue weighted by atomic mass is 10.1. The van der Waals surface area contributed by atoms with Crippen LogP contribution in [0.25, 0.3) is 11.2 Å². The molecule has 0 atom stereocenters. The number of carbonyl (C=O) groups is 2. The molecule has 0 aromatic carbocycles. The topological polar surface area (TPSA) is 151 Å². The Kier molecular flexibility index (Phi) is 5.74. The van der Waals surface area contributed by atoms with Crippen molar-refractivity contribution in [2.45, 2.75) is 25.6 Å². The monoisotopic (exact) mass is 495 g/mol. The lowest BCUT2D eigenvalue weighted by Gasteiger charge is -2.13. The van der Waals surface area contributed by atoms with Crippen molar-refractivity contribution in [3.63, 3.8) is 0 Å². The quantitative estimate of drug-likeness (QED) is 0.477. The molecule has 1 amide bonds. The van der Waals surface area contributed by atoms with Crippen LogP contribution in [0.5, 0.6) is 0 Å². The fourth-order valence-corrected chi connectivity index (χ4v) is 6.82. The number of hydrogen-bond donors (Lipinski definition) is 1. The minimum atomic E-state index is -3.28. The second-order valence-corrected chi connectivity index (χ2v) is 10.9. The van der Waals surface area contributed by atoms with Crippen LogP contribution in [0.2, 0.25) is 0 Å². The average Bonchev–Trinajstić information content (AvgIpc) is 3.30. The molecule has 4 heterocycles. The predicted molar refractivity (Wildman–Crippen MR) is 120 cm³/mol. The van der Waals surface area contributed by atoms with Gasteiger partial charge >= 0.3 is 11.7 Å². The maximum Gasteiger partial charge on any atom is 0.341 e. The van der Waals surface area contributed by atoms with Crippen LogP contribution in [0.1, 0.15) is 27.7 Å². The molecule has 0 fully saturated rings. The zero-order valence-electron chi connectivity index (χ0n) is 18.1. The summed E-state index contributed by atoms with van der Waals surface area (Å²) in [5.41, 5.74) is -0.186. The van der Waals surface area contributed by atoms with Gasteiger partial charge in [0.2, 0.25) is 5.91 Å². The minimum absolute atomic E-state index is 0.0805. The van der Waals surface area contributed by atoms with Crippen LogP contribution < -0.4 is 16.6 Å². The van der Waals surface area contributed by atoms with Crippen molar-refractivity contribution in [2.75, 3.05) is 17.7 Å². The van der Waals surface area contributed by atoms with E-state index in [1.165, 1.54) is 29.6 Å². The van der Waals surface area contributed by atoms with Gasteiger partial charge < -0.3 is 14.6 Å². The molecule has 176 valence electrons. The van der Waals surface area contributed by atoms with E-state index in [2.05, 4.69) is 10.3 Å². The molecular weight excluding hydrogens is 474 g/mol. The summed E-state index contributed by atoms with van der Waals surface area (Å²) in [5, 5.41) is 2.85. The Balaban J connectivity index is 1.69. The van der Waals surface area contributed by atoms with Crippen LogP contribution >= 0.6 is 11.3 Å². The number of nitrogens with one attached hydrogen (secondary N) is 1. The first-order valence-electron chi connectivity index (χ1n) is 9.96. The van der Waals surface area contributed by atoms with Crippen molar-refractivity contribution in [1.82, 2.24) is 18.7 Å². The van der Waals surface area contributed by atoms with E-state index in [-0.39, 0.29) is 52.8 Å². The highest BCUT2D eigenvalue weighted by Crippen LogP contribution is 2.38. The maximum atomic E-state index is 12.8. The average molecular weight is 496 g/mol. The zero-order chi connectivity index (χ0) is 24.1. The Morgan fingerprint density at radius 1 is 1.24 bits per heavy atom. The summed E-state index contributed by atoms with van der Waals surface area (Å²) in [5.74, 6) is -1.48. The van der Waals surface area contributed by atoms with Gasteiger partial charge in [-0.2, -0.15) is 0 Å². The third kappa shape index (κ3) is 3.99. The fourth-order valence-electron chi connectivity index (χ4n) is 3.77. The Hall–Kier alpha value is -3.26. The third-order valence-electron chi connectivity index (χ3n) is 5.37. The Labute approximate surface area is 191 Å². The first kappa shape index (κ1) is 22.9.